The highest BCUT2D eigenvalue weighted by molar-refractivity contribution is 5.38. The van der Waals surface area contributed by atoms with Crippen LogP contribution < -0.4 is 10.1 Å². The molecule has 2 rings (SSSR count). The first-order valence-electron chi connectivity index (χ1n) is 7.03. The molecular weight excluding hydrogens is 226 g/mol. The number of aromatic nitrogens is 2. The fourth-order valence-corrected chi connectivity index (χ4v) is 2.57. The Bertz CT molecular complexity index is 362. The monoisotopic (exact) mass is 249 g/mol. The van der Waals surface area contributed by atoms with E-state index in [2.05, 4.69) is 22.2 Å². The molecule has 0 aromatic carbocycles. The molecule has 18 heavy (non-hydrogen) atoms. The Kier molecular flexibility index (Phi) is 4.79. The summed E-state index contributed by atoms with van der Waals surface area (Å²) in [5, 5.41) is 3.49. The molecule has 0 atom stereocenters. The third kappa shape index (κ3) is 3.59. The Morgan fingerprint density at radius 3 is 2.67 bits per heavy atom. The van der Waals surface area contributed by atoms with E-state index in [-0.39, 0.29) is 0 Å². The van der Waals surface area contributed by atoms with Gasteiger partial charge in [-0.25, -0.2) is 9.97 Å². The van der Waals surface area contributed by atoms with Gasteiger partial charge in [-0.05, 0) is 38.5 Å². The van der Waals surface area contributed by atoms with Crippen LogP contribution in [-0.4, -0.2) is 22.6 Å². The molecule has 0 saturated heterocycles. The first-order chi connectivity index (χ1) is 8.81. The standard InChI is InChI=1S/C14H23N3O/c1-3-11-5-7-12(8-6-11)17-13-9-14(18-4-2)16-10-15-13/h9-12H,3-8H2,1-2H3,(H,15,16,17). The van der Waals surface area contributed by atoms with Crippen molar-refractivity contribution >= 4 is 5.82 Å². The van der Waals surface area contributed by atoms with E-state index in [0.717, 1.165) is 11.7 Å². The fraction of sp³-hybridized carbons (Fsp3) is 0.714. The van der Waals surface area contributed by atoms with E-state index >= 15 is 0 Å². The van der Waals surface area contributed by atoms with Crippen LogP contribution in [0.25, 0.3) is 0 Å². The Labute approximate surface area is 109 Å². The van der Waals surface area contributed by atoms with Crippen LogP contribution in [0.1, 0.15) is 46.0 Å². The van der Waals surface area contributed by atoms with Gasteiger partial charge in [-0.3, -0.25) is 0 Å². The van der Waals surface area contributed by atoms with Gasteiger partial charge < -0.3 is 10.1 Å². The zero-order chi connectivity index (χ0) is 12.8. The molecule has 1 heterocycles. The van der Waals surface area contributed by atoms with Gasteiger partial charge in [-0.2, -0.15) is 0 Å². The van der Waals surface area contributed by atoms with E-state index < -0.39 is 0 Å². The second-order valence-electron chi connectivity index (χ2n) is 4.94. The van der Waals surface area contributed by atoms with Gasteiger partial charge in [0.2, 0.25) is 5.88 Å². The minimum atomic E-state index is 0.553. The van der Waals surface area contributed by atoms with Gasteiger partial charge in [0.15, 0.2) is 0 Å². The summed E-state index contributed by atoms with van der Waals surface area (Å²) >= 11 is 0. The molecule has 1 aliphatic carbocycles. The normalized spacial score (nSPS) is 23.7. The molecule has 1 fully saturated rings. The predicted molar refractivity (Wildman–Crippen MR) is 72.9 cm³/mol. The third-order valence-electron chi connectivity index (χ3n) is 3.71. The number of hydrogen-bond acceptors (Lipinski definition) is 4. The lowest BCUT2D eigenvalue weighted by molar-refractivity contribution is 0.324. The number of ether oxygens (including phenoxy) is 1. The molecule has 4 nitrogen and oxygen atoms in total. The Hall–Kier alpha value is -1.32. The van der Waals surface area contributed by atoms with Gasteiger partial charge in [0.1, 0.15) is 12.1 Å². The summed E-state index contributed by atoms with van der Waals surface area (Å²) in [7, 11) is 0. The molecule has 100 valence electrons. The van der Waals surface area contributed by atoms with Gasteiger partial charge in [0.25, 0.3) is 0 Å². The highest BCUT2D eigenvalue weighted by Gasteiger charge is 2.20. The lowest BCUT2D eigenvalue weighted by Gasteiger charge is -2.28. The molecule has 1 saturated carbocycles. The summed E-state index contributed by atoms with van der Waals surface area (Å²) in [6, 6.07) is 2.44. The van der Waals surface area contributed by atoms with Crippen molar-refractivity contribution in [3.8, 4) is 5.88 Å². The maximum Gasteiger partial charge on any atom is 0.218 e. The van der Waals surface area contributed by atoms with Crippen LogP contribution in [0.4, 0.5) is 5.82 Å². The summed E-state index contributed by atoms with van der Waals surface area (Å²) in [5.41, 5.74) is 0. The molecular formula is C14H23N3O. The van der Waals surface area contributed by atoms with E-state index in [1.807, 2.05) is 13.0 Å². The molecule has 0 radical (unpaired) electrons. The fourth-order valence-electron chi connectivity index (χ4n) is 2.57. The highest BCUT2D eigenvalue weighted by Crippen LogP contribution is 2.28. The number of anilines is 1. The maximum absolute atomic E-state index is 5.38. The van der Waals surface area contributed by atoms with Crippen LogP contribution in [0.3, 0.4) is 0 Å². The number of nitrogens with zero attached hydrogens (tertiary/aromatic N) is 2. The zero-order valence-corrected chi connectivity index (χ0v) is 11.4. The molecule has 1 aromatic rings. The Balaban J connectivity index is 1.87. The van der Waals surface area contributed by atoms with Crippen LogP contribution in [-0.2, 0) is 0 Å². The number of hydrogen-bond donors (Lipinski definition) is 1. The Morgan fingerprint density at radius 1 is 1.22 bits per heavy atom. The molecule has 4 heteroatoms. The lowest BCUT2D eigenvalue weighted by Crippen LogP contribution is -2.26. The first-order valence-corrected chi connectivity index (χ1v) is 7.03. The lowest BCUT2D eigenvalue weighted by atomic mass is 9.84. The molecule has 1 aromatic heterocycles. The van der Waals surface area contributed by atoms with Gasteiger partial charge in [-0.15, -0.1) is 0 Å². The summed E-state index contributed by atoms with van der Waals surface area (Å²) < 4.78 is 5.38. The highest BCUT2D eigenvalue weighted by atomic mass is 16.5. The van der Waals surface area contributed by atoms with E-state index in [1.54, 1.807) is 6.33 Å². The van der Waals surface area contributed by atoms with Crippen LogP contribution in [0.2, 0.25) is 0 Å². The molecule has 0 unspecified atom stereocenters. The molecule has 0 spiro atoms. The molecule has 1 aliphatic rings. The van der Waals surface area contributed by atoms with Gasteiger partial charge >= 0.3 is 0 Å². The van der Waals surface area contributed by atoms with Crippen LogP contribution >= 0.6 is 0 Å². The van der Waals surface area contributed by atoms with E-state index in [4.69, 9.17) is 4.74 Å². The predicted octanol–water partition coefficient (Wildman–Crippen LogP) is 3.26. The summed E-state index contributed by atoms with van der Waals surface area (Å²) in [5.74, 6) is 2.46. The van der Waals surface area contributed by atoms with Crippen molar-refractivity contribution in [3.05, 3.63) is 12.4 Å². The summed E-state index contributed by atoms with van der Waals surface area (Å²) in [6.45, 7) is 4.89. The van der Waals surface area contributed by atoms with E-state index in [1.165, 1.54) is 32.1 Å². The molecule has 0 bridgehead atoms. The van der Waals surface area contributed by atoms with Crippen molar-refractivity contribution in [1.82, 2.24) is 9.97 Å². The summed E-state index contributed by atoms with van der Waals surface area (Å²) in [4.78, 5) is 8.33. The zero-order valence-electron chi connectivity index (χ0n) is 11.4. The van der Waals surface area contributed by atoms with Crippen LogP contribution in [0, 0.1) is 5.92 Å². The van der Waals surface area contributed by atoms with E-state index in [9.17, 15) is 0 Å². The van der Waals surface area contributed by atoms with E-state index in [0.29, 0.717) is 18.5 Å². The average molecular weight is 249 g/mol. The third-order valence-corrected chi connectivity index (χ3v) is 3.71. The maximum atomic E-state index is 5.38. The molecule has 0 aliphatic heterocycles. The quantitative estimate of drug-likeness (QED) is 0.870. The van der Waals surface area contributed by atoms with Crippen LogP contribution in [0.5, 0.6) is 5.88 Å². The molecule has 0 amide bonds. The number of rotatable bonds is 5. The largest absolute Gasteiger partial charge is 0.478 e. The second kappa shape index (κ2) is 6.57. The van der Waals surface area contributed by atoms with Crippen molar-refractivity contribution in [2.24, 2.45) is 5.92 Å². The topological polar surface area (TPSA) is 47.0 Å². The first kappa shape index (κ1) is 13.1. The van der Waals surface area contributed by atoms with Crippen molar-refractivity contribution in [3.63, 3.8) is 0 Å². The Morgan fingerprint density at radius 2 is 2.00 bits per heavy atom. The second-order valence-corrected chi connectivity index (χ2v) is 4.94. The average Bonchev–Trinajstić information content (AvgIpc) is 2.40. The SMILES string of the molecule is CCOc1cc(NC2CCC(CC)CC2)ncn1. The van der Waals surface area contributed by atoms with Gasteiger partial charge in [0, 0.05) is 12.1 Å². The van der Waals surface area contributed by atoms with Crippen molar-refractivity contribution in [1.29, 1.82) is 0 Å². The minimum absolute atomic E-state index is 0.553. The summed E-state index contributed by atoms with van der Waals surface area (Å²) in [6.07, 6.45) is 8.02. The van der Waals surface area contributed by atoms with Crippen LogP contribution in [0.15, 0.2) is 12.4 Å². The van der Waals surface area contributed by atoms with Gasteiger partial charge in [0.05, 0.1) is 6.61 Å². The van der Waals surface area contributed by atoms with Crippen molar-refractivity contribution in [2.75, 3.05) is 11.9 Å². The molecule has 1 N–H and O–H groups in total. The smallest absolute Gasteiger partial charge is 0.218 e. The van der Waals surface area contributed by atoms with Crippen molar-refractivity contribution in [2.45, 2.75) is 52.0 Å². The van der Waals surface area contributed by atoms with Crippen molar-refractivity contribution < 1.29 is 4.74 Å². The minimum Gasteiger partial charge on any atom is -0.478 e. The van der Waals surface area contributed by atoms with Gasteiger partial charge in [-0.1, -0.05) is 13.3 Å². The number of nitrogens with one attached hydrogen (secondary N) is 1.